The Labute approximate surface area is 263 Å². The van der Waals surface area contributed by atoms with Crippen molar-refractivity contribution in [1.82, 2.24) is 4.57 Å². The number of hydrogen-bond donors (Lipinski definition) is 1. The lowest BCUT2D eigenvalue weighted by molar-refractivity contribution is -0.122. The molecule has 0 radical (unpaired) electrons. The largest absolute Gasteiger partial charge is 0.462 e. The first-order chi connectivity index (χ1) is 21.2. The summed E-state index contributed by atoms with van der Waals surface area (Å²) in [5.41, 5.74) is 1.61. The van der Waals surface area contributed by atoms with Crippen molar-refractivity contribution >= 4 is 69.8 Å². The third kappa shape index (κ3) is 5.44. The number of imide groups is 1. The second-order valence-electron chi connectivity index (χ2n) is 10.1. The van der Waals surface area contributed by atoms with Gasteiger partial charge in [0.05, 0.1) is 28.8 Å². The Morgan fingerprint density at radius 2 is 1.64 bits per heavy atom. The van der Waals surface area contributed by atoms with E-state index >= 15 is 0 Å². The van der Waals surface area contributed by atoms with Gasteiger partial charge in [0.1, 0.15) is 17.6 Å². The molecule has 3 atom stereocenters. The number of carbonyl (C=O) groups is 4. The van der Waals surface area contributed by atoms with Crippen molar-refractivity contribution in [1.29, 1.82) is 0 Å². The Morgan fingerprint density at radius 3 is 2.30 bits per heavy atom. The number of nitrogens with zero attached hydrogens (tertiary/aromatic N) is 2. The molecule has 1 fully saturated rings. The van der Waals surface area contributed by atoms with Crippen LogP contribution in [-0.4, -0.2) is 40.1 Å². The standard InChI is InChI=1S/C31H23ClFN3O6S2/c1-2-42-30(40)17-5-13-21(14-6-17)36-27(38)24-23(16-3-9-19(33)10-4-16)26-29(43-25(24)28(36)39)35(31(41)44-26)15-22(37)34-20-11-7-18(32)8-12-20/h3-14,23-25H,2,15H2,1H3,(H,34,37)/t23-,24+,25-/m0/s1. The number of fused-ring (bicyclic) bond motifs is 2. The third-order valence-corrected chi connectivity index (χ3v) is 10.2. The highest BCUT2D eigenvalue weighted by Gasteiger charge is 2.56. The number of nitrogens with one attached hydrogen (secondary N) is 1. The Kier molecular flexibility index (Phi) is 8.14. The van der Waals surface area contributed by atoms with Crippen LogP contribution in [0.5, 0.6) is 0 Å². The highest BCUT2D eigenvalue weighted by Crippen LogP contribution is 2.53. The summed E-state index contributed by atoms with van der Waals surface area (Å²) in [7, 11) is 0. The predicted octanol–water partition coefficient (Wildman–Crippen LogP) is 5.31. The maximum atomic E-state index is 14.0. The lowest BCUT2D eigenvalue weighted by atomic mass is 9.83. The highest BCUT2D eigenvalue weighted by atomic mass is 35.5. The van der Waals surface area contributed by atoms with E-state index in [0.717, 1.165) is 28.0 Å². The number of hydrogen-bond acceptors (Lipinski definition) is 8. The molecule has 44 heavy (non-hydrogen) atoms. The van der Waals surface area contributed by atoms with Gasteiger partial charge in [-0.2, -0.15) is 0 Å². The second-order valence-corrected chi connectivity index (χ2v) is 12.6. The number of aromatic nitrogens is 1. The van der Waals surface area contributed by atoms with Crippen molar-refractivity contribution in [2.75, 3.05) is 16.8 Å². The van der Waals surface area contributed by atoms with Gasteiger partial charge in [0, 0.05) is 21.5 Å². The second kappa shape index (κ2) is 12.0. The number of halogens is 2. The van der Waals surface area contributed by atoms with Crippen LogP contribution in [0, 0.1) is 11.7 Å². The molecule has 0 spiro atoms. The average Bonchev–Trinajstić information content (AvgIpc) is 3.45. The summed E-state index contributed by atoms with van der Waals surface area (Å²) in [5.74, 6) is -4.08. The molecule has 2 aliphatic heterocycles. The number of carbonyl (C=O) groups excluding carboxylic acids is 4. The van der Waals surface area contributed by atoms with Gasteiger partial charge in [0.15, 0.2) is 0 Å². The van der Waals surface area contributed by atoms with Gasteiger partial charge in [-0.1, -0.05) is 46.8 Å². The molecule has 4 aromatic rings. The first-order valence-electron chi connectivity index (χ1n) is 13.5. The van der Waals surface area contributed by atoms with Crippen molar-refractivity contribution in [3.63, 3.8) is 0 Å². The number of thioether (sulfide) groups is 1. The number of esters is 1. The van der Waals surface area contributed by atoms with Crippen LogP contribution in [0.1, 0.15) is 33.6 Å². The first-order valence-corrected chi connectivity index (χ1v) is 15.6. The molecule has 0 aliphatic carbocycles. The molecule has 0 saturated carbocycles. The zero-order valence-electron chi connectivity index (χ0n) is 23.0. The van der Waals surface area contributed by atoms with Crippen molar-refractivity contribution in [3.05, 3.63) is 109 Å². The lowest BCUT2D eigenvalue weighted by Crippen LogP contribution is -2.33. The molecule has 13 heteroatoms. The normalized spacial score (nSPS) is 19.0. The van der Waals surface area contributed by atoms with E-state index in [9.17, 15) is 28.4 Å². The summed E-state index contributed by atoms with van der Waals surface area (Å²) in [6.45, 7) is 1.57. The number of benzene rings is 3. The number of anilines is 2. The van der Waals surface area contributed by atoms with E-state index < -0.39 is 51.5 Å². The van der Waals surface area contributed by atoms with Gasteiger partial charge in [-0.15, -0.1) is 0 Å². The molecule has 1 N–H and O–H groups in total. The molecule has 6 rings (SSSR count). The molecule has 2 aliphatic rings. The van der Waals surface area contributed by atoms with E-state index in [2.05, 4.69) is 5.32 Å². The zero-order valence-corrected chi connectivity index (χ0v) is 25.4. The number of amides is 3. The monoisotopic (exact) mass is 651 g/mol. The van der Waals surface area contributed by atoms with Gasteiger partial charge in [0.2, 0.25) is 17.7 Å². The van der Waals surface area contributed by atoms with Crippen LogP contribution in [0.3, 0.4) is 0 Å². The van der Waals surface area contributed by atoms with Crippen LogP contribution in [0.4, 0.5) is 15.8 Å². The fraction of sp³-hybridized carbons (Fsp3) is 0.194. The Hall–Kier alpha value is -4.26. The highest BCUT2D eigenvalue weighted by molar-refractivity contribution is 8.00. The van der Waals surface area contributed by atoms with E-state index in [4.69, 9.17) is 16.3 Å². The quantitative estimate of drug-likeness (QED) is 0.213. The Morgan fingerprint density at radius 1 is 0.955 bits per heavy atom. The molecule has 9 nitrogen and oxygen atoms in total. The number of thiazole rings is 1. The minimum atomic E-state index is -0.922. The summed E-state index contributed by atoms with van der Waals surface area (Å²) < 4.78 is 20.2. The van der Waals surface area contributed by atoms with E-state index in [1.165, 1.54) is 53.1 Å². The van der Waals surface area contributed by atoms with Gasteiger partial charge >= 0.3 is 10.8 Å². The minimum absolute atomic E-state index is 0.201. The van der Waals surface area contributed by atoms with Gasteiger partial charge in [-0.3, -0.25) is 23.7 Å². The Bertz CT molecular complexity index is 1840. The fourth-order valence-corrected chi connectivity index (χ4v) is 8.28. The topological polar surface area (TPSA) is 115 Å². The van der Waals surface area contributed by atoms with E-state index in [0.29, 0.717) is 26.2 Å². The molecule has 3 amide bonds. The molecule has 3 aromatic carbocycles. The summed E-state index contributed by atoms with van der Waals surface area (Å²) >= 11 is 7.89. The van der Waals surface area contributed by atoms with Gasteiger partial charge in [0.25, 0.3) is 0 Å². The molecule has 0 bridgehead atoms. The summed E-state index contributed by atoms with van der Waals surface area (Å²) in [6, 6.07) is 18.1. The van der Waals surface area contributed by atoms with E-state index in [1.807, 2.05) is 0 Å². The molecular weight excluding hydrogens is 629 g/mol. The van der Waals surface area contributed by atoms with Crippen LogP contribution >= 0.6 is 34.7 Å². The molecule has 224 valence electrons. The van der Waals surface area contributed by atoms with Crippen LogP contribution in [0.25, 0.3) is 0 Å². The van der Waals surface area contributed by atoms with Crippen molar-refractivity contribution in [2.45, 2.75) is 29.7 Å². The predicted molar refractivity (Wildman–Crippen MR) is 165 cm³/mol. The molecular formula is C31H23ClFN3O6S2. The summed E-state index contributed by atoms with van der Waals surface area (Å²) in [4.78, 5) is 67.4. The maximum Gasteiger partial charge on any atom is 0.338 e. The maximum absolute atomic E-state index is 14.0. The fourth-order valence-electron chi connectivity index (χ4n) is 5.38. The van der Waals surface area contributed by atoms with Crippen molar-refractivity contribution in [2.24, 2.45) is 5.92 Å². The van der Waals surface area contributed by atoms with Gasteiger partial charge in [-0.05, 0) is 73.2 Å². The first kappa shape index (κ1) is 29.8. The molecule has 1 saturated heterocycles. The Balaban J connectivity index is 1.36. The van der Waals surface area contributed by atoms with Crippen LogP contribution in [0.2, 0.25) is 5.02 Å². The molecule has 1 aromatic heterocycles. The third-order valence-electron chi connectivity index (χ3n) is 7.34. The average molecular weight is 652 g/mol. The molecule has 0 unspecified atom stereocenters. The van der Waals surface area contributed by atoms with Crippen LogP contribution < -0.4 is 15.1 Å². The van der Waals surface area contributed by atoms with Gasteiger partial charge in [-0.25, -0.2) is 14.1 Å². The zero-order chi connectivity index (χ0) is 31.1. The molecule has 3 heterocycles. The van der Waals surface area contributed by atoms with E-state index in [1.54, 1.807) is 31.2 Å². The minimum Gasteiger partial charge on any atom is -0.462 e. The van der Waals surface area contributed by atoms with Crippen LogP contribution in [0.15, 0.2) is 82.6 Å². The lowest BCUT2D eigenvalue weighted by Gasteiger charge is -2.30. The van der Waals surface area contributed by atoms with E-state index in [-0.39, 0.29) is 24.4 Å². The summed E-state index contributed by atoms with van der Waals surface area (Å²) in [5, 5.41) is 2.72. The smallest absolute Gasteiger partial charge is 0.338 e. The SMILES string of the molecule is CCOC(=O)c1ccc(N2C(=O)[C@@H]3[C@H](c4ccc(F)cc4)c4sc(=O)n(CC(=O)Nc5ccc(Cl)cc5)c4S[C@@H]3C2=O)cc1. The number of rotatable bonds is 7. The van der Waals surface area contributed by atoms with Gasteiger partial charge < -0.3 is 10.1 Å². The van der Waals surface area contributed by atoms with Crippen molar-refractivity contribution in [3.8, 4) is 0 Å². The summed E-state index contributed by atoms with van der Waals surface area (Å²) in [6.07, 6.45) is 0. The van der Waals surface area contributed by atoms with Crippen molar-refractivity contribution < 1.29 is 28.3 Å². The number of ether oxygens (including phenoxy) is 1. The van der Waals surface area contributed by atoms with Crippen LogP contribution in [-0.2, 0) is 25.7 Å².